The summed E-state index contributed by atoms with van der Waals surface area (Å²) < 4.78 is 5.10. The number of carbonyl (C=O) groups excluding carboxylic acids is 4. The van der Waals surface area contributed by atoms with Gasteiger partial charge in [-0.3, -0.25) is 14.4 Å². The highest BCUT2D eigenvalue weighted by Crippen LogP contribution is 2.22. The average Bonchev–Trinajstić information content (AvgIpc) is 3.27. The van der Waals surface area contributed by atoms with Crippen LogP contribution in [-0.2, 0) is 19.2 Å². The van der Waals surface area contributed by atoms with E-state index in [-0.39, 0.29) is 30.7 Å². The van der Waals surface area contributed by atoms with Crippen molar-refractivity contribution in [3.8, 4) is 0 Å². The fraction of sp³-hybridized carbons (Fsp3) is 0.577. The second-order valence-electron chi connectivity index (χ2n) is 9.51. The maximum atomic E-state index is 12.8. The molecule has 1 aliphatic rings. The monoisotopic (exact) mass is 547 g/mol. The first-order valence-corrected chi connectivity index (χ1v) is 13.1. The number of rotatable bonds is 14. The second kappa shape index (κ2) is 16.2. The molecule has 2 rings (SSSR count). The Morgan fingerprint density at radius 2 is 1.85 bits per heavy atom. The van der Waals surface area contributed by atoms with Gasteiger partial charge in [0, 0.05) is 44.5 Å². The van der Waals surface area contributed by atoms with Crippen LogP contribution in [0.15, 0.2) is 29.4 Å². The van der Waals surface area contributed by atoms with E-state index in [0.717, 1.165) is 19.3 Å². The van der Waals surface area contributed by atoms with E-state index >= 15 is 0 Å². The Balaban J connectivity index is 1.79. The fourth-order valence-corrected chi connectivity index (χ4v) is 3.63. The first-order valence-electron chi connectivity index (χ1n) is 13.1. The van der Waals surface area contributed by atoms with Crippen LogP contribution in [-0.4, -0.2) is 99.6 Å². The van der Waals surface area contributed by atoms with Gasteiger partial charge in [-0.25, -0.2) is 9.59 Å². The SMILES string of the molecule is CCCCCOC(=O)CCNC(=O)N[C@H]1CCN(c2ccc(C(N)=NOC(=O)N(C)CCN(C)C)cc2)C1=O. The van der Waals surface area contributed by atoms with Gasteiger partial charge in [-0.05, 0) is 51.2 Å². The van der Waals surface area contributed by atoms with Gasteiger partial charge in [0.1, 0.15) is 6.04 Å². The number of likely N-dealkylation sites (N-methyl/N-ethyl adjacent to an activating group) is 2. The van der Waals surface area contributed by atoms with Crippen molar-refractivity contribution < 1.29 is 28.8 Å². The van der Waals surface area contributed by atoms with Crippen LogP contribution in [0, 0.1) is 0 Å². The number of carbonyl (C=O) groups is 4. The Hall–Kier alpha value is -3.87. The maximum absolute atomic E-state index is 12.8. The van der Waals surface area contributed by atoms with Gasteiger partial charge in [-0.1, -0.05) is 24.9 Å². The maximum Gasteiger partial charge on any atom is 0.435 e. The minimum Gasteiger partial charge on any atom is -0.466 e. The van der Waals surface area contributed by atoms with E-state index in [1.165, 1.54) is 4.90 Å². The molecule has 0 spiro atoms. The van der Waals surface area contributed by atoms with E-state index in [1.807, 2.05) is 19.0 Å². The Morgan fingerprint density at radius 1 is 1.13 bits per heavy atom. The Labute approximate surface area is 229 Å². The summed E-state index contributed by atoms with van der Waals surface area (Å²) in [7, 11) is 5.42. The molecule has 4 N–H and O–H groups in total. The highest BCUT2D eigenvalue weighted by Gasteiger charge is 2.33. The molecule has 1 atom stereocenters. The normalized spacial score (nSPS) is 15.3. The third-order valence-corrected chi connectivity index (χ3v) is 6.03. The molecule has 0 bridgehead atoms. The molecule has 1 fully saturated rings. The van der Waals surface area contributed by atoms with Crippen LogP contribution in [0.25, 0.3) is 0 Å². The second-order valence-corrected chi connectivity index (χ2v) is 9.51. The van der Waals surface area contributed by atoms with E-state index in [9.17, 15) is 19.2 Å². The lowest BCUT2D eigenvalue weighted by atomic mass is 10.2. The van der Waals surface area contributed by atoms with Crippen molar-refractivity contribution in [1.29, 1.82) is 0 Å². The van der Waals surface area contributed by atoms with E-state index in [0.29, 0.717) is 43.9 Å². The number of nitrogens with one attached hydrogen (secondary N) is 2. The largest absolute Gasteiger partial charge is 0.466 e. The molecule has 0 unspecified atom stereocenters. The summed E-state index contributed by atoms with van der Waals surface area (Å²) in [4.78, 5) is 58.6. The van der Waals surface area contributed by atoms with Gasteiger partial charge in [0.05, 0.1) is 13.0 Å². The molecule has 1 aliphatic heterocycles. The summed E-state index contributed by atoms with van der Waals surface area (Å²) in [6.45, 7) is 4.15. The first-order chi connectivity index (χ1) is 18.6. The standard InChI is InChI=1S/C26H41N7O6/c1-5-6-7-18-38-22(34)12-14-28-25(36)29-21-13-15-33(24(21)35)20-10-8-19(9-11-20)23(27)30-39-26(37)32(4)17-16-31(2)3/h8-11,21H,5-7,12-18H2,1-4H3,(H2,27,30)(H2,28,29,36)/t21-/m0/s1. The Kier molecular flexibility index (Phi) is 13.0. The number of nitrogens with two attached hydrogens (primary N) is 1. The number of amides is 4. The highest BCUT2D eigenvalue weighted by atomic mass is 16.7. The van der Waals surface area contributed by atoms with E-state index in [4.69, 9.17) is 15.3 Å². The molecule has 1 heterocycles. The molecule has 13 nitrogen and oxygen atoms in total. The predicted octanol–water partition coefficient (Wildman–Crippen LogP) is 1.46. The smallest absolute Gasteiger partial charge is 0.435 e. The number of anilines is 1. The minimum atomic E-state index is -0.679. The number of oxime groups is 1. The molecule has 1 saturated heterocycles. The summed E-state index contributed by atoms with van der Waals surface area (Å²) >= 11 is 0. The molecule has 0 aromatic heterocycles. The van der Waals surface area contributed by atoms with Crippen molar-refractivity contribution in [2.45, 2.75) is 45.1 Å². The fourth-order valence-electron chi connectivity index (χ4n) is 3.63. The number of benzene rings is 1. The third-order valence-electron chi connectivity index (χ3n) is 6.03. The number of amidine groups is 1. The van der Waals surface area contributed by atoms with Gasteiger partial charge in [-0.15, -0.1) is 0 Å². The Bertz CT molecular complexity index is 999. The van der Waals surface area contributed by atoms with Crippen molar-refractivity contribution >= 4 is 35.5 Å². The topological polar surface area (TPSA) is 159 Å². The van der Waals surface area contributed by atoms with Crippen molar-refractivity contribution in [2.24, 2.45) is 10.9 Å². The van der Waals surface area contributed by atoms with Gasteiger partial charge >= 0.3 is 18.1 Å². The third kappa shape index (κ3) is 10.8. The lowest BCUT2D eigenvalue weighted by molar-refractivity contribution is -0.143. The van der Waals surface area contributed by atoms with Gasteiger partial charge in [0.15, 0.2) is 5.84 Å². The van der Waals surface area contributed by atoms with Crippen molar-refractivity contribution in [3.05, 3.63) is 29.8 Å². The Morgan fingerprint density at radius 3 is 2.51 bits per heavy atom. The first kappa shape index (κ1) is 31.3. The molecular weight excluding hydrogens is 506 g/mol. The molecule has 216 valence electrons. The van der Waals surface area contributed by atoms with Crippen LogP contribution >= 0.6 is 0 Å². The molecule has 1 aromatic rings. The van der Waals surface area contributed by atoms with Crippen molar-refractivity contribution in [2.75, 3.05) is 58.8 Å². The number of nitrogens with zero attached hydrogens (tertiary/aromatic N) is 4. The average molecular weight is 548 g/mol. The lowest BCUT2D eigenvalue weighted by Crippen LogP contribution is -2.46. The zero-order valence-corrected chi connectivity index (χ0v) is 23.3. The molecule has 0 saturated carbocycles. The van der Waals surface area contributed by atoms with Gasteiger partial charge in [0.25, 0.3) is 0 Å². The molecule has 39 heavy (non-hydrogen) atoms. The number of hydrogen-bond donors (Lipinski definition) is 3. The summed E-state index contributed by atoms with van der Waals surface area (Å²) in [6, 6.07) is 5.54. The molecule has 13 heteroatoms. The van der Waals surface area contributed by atoms with Gasteiger partial charge in [-0.2, -0.15) is 0 Å². The molecular formula is C26H41N7O6. The number of ether oxygens (including phenoxy) is 1. The van der Waals surface area contributed by atoms with E-state index in [2.05, 4.69) is 22.7 Å². The van der Waals surface area contributed by atoms with Crippen LogP contribution < -0.4 is 21.3 Å². The highest BCUT2D eigenvalue weighted by molar-refractivity contribution is 6.02. The zero-order chi connectivity index (χ0) is 28.8. The summed E-state index contributed by atoms with van der Waals surface area (Å²) in [5, 5.41) is 8.95. The quantitative estimate of drug-likeness (QED) is 0.0789. The van der Waals surface area contributed by atoms with E-state index < -0.39 is 18.2 Å². The predicted molar refractivity (Wildman–Crippen MR) is 147 cm³/mol. The van der Waals surface area contributed by atoms with Crippen LogP contribution in [0.2, 0.25) is 0 Å². The van der Waals surface area contributed by atoms with Crippen molar-refractivity contribution in [1.82, 2.24) is 20.4 Å². The lowest BCUT2D eigenvalue weighted by Gasteiger charge is -2.18. The molecule has 4 amide bonds. The van der Waals surface area contributed by atoms with Crippen molar-refractivity contribution in [3.63, 3.8) is 0 Å². The summed E-state index contributed by atoms with van der Waals surface area (Å²) in [5.41, 5.74) is 7.10. The number of hydrogen-bond acceptors (Lipinski definition) is 8. The van der Waals surface area contributed by atoms with Gasteiger partial charge < -0.3 is 35.8 Å². The number of esters is 1. The van der Waals surface area contributed by atoms with Crippen LogP contribution in [0.3, 0.4) is 0 Å². The van der Waals surface area contributed by atoms with E-state index in [1.54, 1.807) is 36.2 Å². The van der Waals surface area contributed by atoms with Crippen LogP contribution in [0.1, 0.15) is 44.6 Å². The summed E-state index contributed by atoms with van der Waals surface area (Å²) in [6.07, 6.45) is 2.75. The molecule has 0 aliphatic carbocycles. The minimum absolute atomic E-state index is 0.0183. The molecule has 1 aromatic carbocycles. The number of unbranched alkanes of at least 4 members (excludes halogenated alkanes) is 2. The molecule has 0 radical (unpaired) electrons. The number of urea groups is 1. The zero-order valence-electron chi connectivity index (χ0n) is 23.3. The van der Waals surface area contributed by atoms with Crippen LogP contribution in [0.4, 0.5) is 15.3 Å². The van der Waals surface area contributed by atoms with Crippen LogP contribution in [0.5, 0.6) is 0 Å². The van der Waals surface area contributed by atoms with Gasteiger partial charge in [0.2, 0.25) is 5.91 Å². The summed E-state index contributed by atoms with van der Waals surface area (Å²) in [5.74, 6) is -0.594.